The van der Waals surface area contributed by atoms with Crippen molar-refractivity contribution >= 4 is 21.4 Å². The van der Waals surface area contributed by atoms with Crippen LogP contribution in [0.2, 0.25) is 0 Å². The average molecular weight is 368 g/mol. The molecule has 0 radical (unpaired) electrons. The molecule has 1 N–H and O–H groups in total. The van der Waals surface area contributed by atoms with Crippen LogP contribution in [0.1, 0.15) is 5.56 Å². The lowest BCUT2D eigenvalue weighted by molar-refractivity contribution is -0.117. The second-order valence-electron chi connectivity index (χ2n) is 5.51. The van der Waals surface area contributed by atoms with Gasteiger partial charge < -0.3 is 5.32 Å². The Hall–Kier alpha value is -2.32. The van der Waals surface area contributed by atoms with Gasteiger partial charge >= 0.3 is 5.76 Å². The van der Waals surface area contributed by atoms with E-state index in [0.29, 0.717) is 6.54 Å². The summed E-state index contributed by atoms with van der Waals surface area (Å²) in [5.74, 6) is -4.04. The molecule has 0 aliphatic rings. The average Bonchev–Trinajstić information content (AvgIpc) is 2.55. The number of rotatable bonds is 7. The Morgan fingerprint density at radius 1 is 1.08 bits per heavy atom. The van der Waals surface area contributed by atoms with E-state index in [0.717, 1.165) is 11.6 Å². The number of carbonyl (C=O) groups excluding carboxylic acids is 1. The van der Waals surface area contributed by atoms with Crippen molar-refractivity contribution in [3.63, 3.8) is 0 Å². The minimum atomic E-state index is -4.79. The van der Waals surface area contributed by atoms with Crippen molar-refractivity contribution in [2.45, 2.75) is 17.2 Å². The van der Waals surface area contributed by atoms with E-state index in [2.05, 4.69) is 5.32 Å². The molecular formula is C17H18F2N2O3S. The maximum atomic E-state index is 12.8. The highest BCUT2D eigenvalue weighted by Gasteiger charge is 2.29. The SMILES string of the molecule is CN(CC(=O)Nc1ccccc1S(=O)(=O)C(F)F)Cc1ccccc1. The normalized spacial score (nSPS) is 11.7. The van der Waals surface area contributed by atoms with Gasteiger partial charge in [-0.15, -0.1) is 0 Å². The largest absolute Gasteiger partial charge is 0.341 e. The number of amides is 1. The van der Waals surface area contributed by atoms with Gasteiger partial charge in [-0.3, -0.25) is 9.69 Å². The summed E-state index contributed by atoms with van der Waals surface area (Å²) in [6.07, 6.45) is 0. The summed E-state index contributed by atoms with van der Waals surface area (Å²) >= 11 is 0. The molecule has 0 unspecified atom stereocenters. The van der Waals surface area contributed by atoms with Crippen molar-refractivity contribution in [1.29, 1.82) is 0 Å². The predicted octanol–water partition coefficient (Wildman–Crippen LogP) is 2.75. The zero-order valence-electron chi connectivity index (χ0n) is 13.5. The maximum Gasteiger partial charge on any atom is 0.341 e. The number of hydrogen-bond donors (Lipinski definition) is 1. The van der Waals surface area contributed by atoms with Crippen molar-refractivity contribution in [1.82, 2.24) is 4.90 Å². The molecule has 2 aromatic rings. The summed E-state index contributed by atoms with van der Waals surface area (Å²) in [5.41, 5.74) is 0.861. The molecule has 0 bridgehead atoms. The predicted molar refractivity (Wildman–Crippen MR) is 91.0 cm³/mol. The van der Waals surface area contributed by atoms with Crippen molar-refractivity contribution in [2.24, 2.45) is 0 Å². The fraction of sp³-hybridized carbons (Fsp3) is 0.235. The van der Waals surface area contributed by atoms with Gasteiger partial charge in [0.05, 0.1) is 17.1 Å². The van der Waals surface area contributed by atoms with Crippen LogP contribution < -0.4 is 5.32 Å². The van der Waals surface area contributed by atoms with Crippen molar-refractivity contribution in [2.75, 3.05) is 18.9 Å². The first kappa shape index (κ1) is 19.0. The molecule has 0 aromatic heterocycles. The number of nitrogens with one attached hydrogen (secondary N) is 1. The minimum absolute atomic E-state index is 0.0159. The highest BCUT2D eigenvalue weighted by atomic mass is 32.2. The first-order valence-corrected chi connectivity index (χ1v) is 8.98. The molecule has 0 aliphatic carbocycles. The lowest BCUT2D eigenvalue weighted by Gasteiger charge is -2.17. The molecule has 8 heteroatoms. The molecule has 0 saturated carbocycles. The molecule has 0 saturated heterocycles. The summed E-state index contributed by atoms with van der Waals surface area (Å²) in [7, 11) is -3.06. The molecule has 0 fully saturated rings. The second-order valence-corrected chi connectivity index (χ2v) is 7.39. The van der Waals surface area contributed by atoms with E-state index in [1.54, 1.807) is 11.9 Å². The van der Waals surface area contributed by atoms with Gasteiger partial charge in [0.1, 0.15) is 0 Å². The van der Waals surface area contributed by atoms with Gasteiger partial charge in [0, 0.05) is 6.54 Å². The zero-order chi connectivity index (χ0) is 18.4. The molecule has 0 atom stereocenters. The third-order valence-electron chi connectivity index (χ3n) is 3.41. The molecule has 25 heavy (non-hydrogen) atoms. The first-order valence-electron chi connectivity index (χ1n) is 7.44. The number of halogens is 2. The minimum Gasteiger partial charge on any atom is -0.324 e. The Balaban J connectivity index is 2.06. The van der Waals surface area contributed by atoms with Gasteiger partial charge in [-0.1, -0.05) is 42.5 Å². The molecule has 0 heterocycles. The van der Waals surface area contributed by atoms with E-state index in [1.807, 2.05) is 30.3 Å². The topological polar surface area (TPSA) is 66.5 Å². The van der Waals surface area contributed by atoms with Crippen LogP contribution in [0.4, 0.5) is 14.5 Å². The third-order valence-corrected chi connectivity index (χ3v) is 4.85. The number of alkyl halides is 2. The van der Waals surface area contributed by atoms with Crippen LogP contribution in [0.5, 0.6) is 0 Å². The second kappa shape index (κ2) is 8.17. The van der Waals surface area contributed by atoms with E-state index in [4.69, 9.17) is 0 Å². The summed E-state index contributed by atoms with van der Waals surface area (Å²) in [6.45, 7) is 0.503. The number of likely N-dealkylation sites (N-methyl/N-ethyl adjacent to an activating group) is 1. The van der Waals surface area contributed by atoms with Crippen LogP contribution >= 0.6 is 0 Å². The van der Waals surface area contributed by atoms with Crippen molar-refractivity contribution in [3.05, 3.63) is 60.2 Å². The summed E-state index contributed by atoms with van der Waals surface area (Å²) in [5, 5.41) is 2.40. The fourth-order valence-corrected chi connectivity index (χ4v) is 3.19. The molecule has 2 aromatic carbocycles. The molecule has 5 nitrogen and oxygen atoms in total. The molecule has 0 spiro atoms. The number of anilines is 1. The highest BCUT2D eigenvalue weighted by Crippen LogP contribution is 2.26. The number of benzene rings is 2. The Labute approximate surface area is 145 Å². The van der Waals surface area contributed by atoms with Crippen molar-refractivity contribution < 1.29 is 22.0 Å². The number of nitrogens with zero attached hydrogens (tertiary/aromatic N) is 1. The van der Waals surface area contributed by atoms with Crippen molar-refractivity contribution in [3.8, 4) is 0 Å². The standard InChI is InChI=1S/C17H18F2N2O3S/c1-21(11-13-7-3-2-4-8-13)12-16(22)20-14-9-5-6-10-15(14)25(23,24)17(18)19/h2-10,17H,11-12H2,1H3,(H,20,22). The number of para-hydroxylation sites is 1. The summed E-state index contributed by atoms with van der Waals surface area (Å²) in [6, 6.07) is 14.6. The smallest absolute Gasteiger partial charge is 0.324 e. The van der Waals surface area contributed by atoms with E-state index >= 15 is 0 Å². The molecule has 0 aliphatic heterocycles. The fourth-order valence-electron chi connectivity index (χ4n) is 2.30. The molecular weight excluding hydrogens is 350 g/mol. The van der Waals surface area contributed by atoms with E-state index in [1.165, 1.54) is 18.2 Å². The monoisotopic (exact) mass is 368 g/mol. The Morgan fingerprint density at radius 2 is 1.68 bits per heavy atom. The Kier molecular flexibility index (Phi) is 6.22. The van der Waals surface area contributed by atoms with Crippen LogP contribution in [0.3, 0.4) is 0 Å². The summed E-state index contributed by atoms with van der Waals surface area (Å²) < 4.78 is 48.9. The van der Waals surface area contributed by atoms with Crippen LogP contribution in [0.25, 0.3) is 0 Å². The van der Waals surface area contributed by atoms with Gasteiger partial charge in [-0.2, -0.15) is 8.78 Å². The van der Waals surface area contributed by atoms with Crippen LogP contribution in [-0.2, 0) is 21.2 Å². The lowest BCUT2D eigenvalue weighted by Crippen LogP contribution is -2.30. The van der Waals surface area contributed by atoms with Gasteiger partial charge in [0.2, 0.25) is 15.7 Å². The number of hydrogen-bond acceptors (Lipinski definition) is 4. The lowest BCUT2D eigenvalue weighted by atomic mass is 10.2. The summed E-state index contributed by atoms with van der Waals surface area (Å²) in [4.78, 5) is 13.3. The molecule has 134 valence electrons. The first-order chi connectivity index (χ1) is 11.8. The van der Waals surface area contributed by atoms with Crippen LogP contribution in [0.15, 0.2) is 59.5 Å². The molecule has 1 amide bonds. The van der Waals surface area contributed by atoms with E-state index in [9.17, 15) is 22.0 Å². The van der Waals surface area contributed by atoms with Crippen LogP contribution in [0, 0.1) is 0 Å². The van der Waals surface area contributed by atoms with Gasteiger partial charge in [-0.05, 0) is 24.7 Å². The zero-order valence-corrected chi connectivity index (χ0v) is 14.3. The number of carbonyl (C=O) groups is 1. The third kappa shape index (κ3) is 5.07. The Bertz CT molecular complexity index is 827. The Morgan fingerprint density at radius 3 is 2.32 bits per heavy atom. The van der Waals surface area contributed by atoms with E-state index < -0.39 is 26.4 Å². The quantitative estimate of drug-likeness (QED) is 0.816. The van der Waals surface area contributed by atoms with Gasteiger partial charge in [-0.25, -0.2) is 8.42 Å². The molecule has 2 rings (SSSR count). The number of sulfone groups is 1. The van der Waals surface area contributed by atoms with Gasteiger partial charge in [0.25, 0.3) is 0 Å². The highest BCUT2D eigenvalue weighted by molar-refractivity contribution is 7.91. The van der Waals surface area contributed by atoms with E-state index in [-0.39, 0.29) is 12.2 Å². The van der Waals surface area contributed by atoms with Gasteiger partial charge in [0.15, 0.2) is 0 Å². The van der Waals surface area contributed by atoms with Crippen LogP contribution in [-0.4, -0.2) is 38.6 Å². The maximum absolute atomic E-state index is 12.8.